The number of nitrogens with zero attached hydrogens (tertiary/aromatic N) is 2. The van der Waals surface area contributed by atoms with Crippen LogP contribution in [0.4, 0.5) is 0 Å². The number of esters is 1. The number of rotatable bonds is 14. The second-order valence-corrected chi connectivity index (χ2v) is 8.79. The molecule has 1 fully saturated rings. The van der Waals surface area contributed by atoms with E-state index < -0.39 is 0 Å². The zero-order chi connectivity index (χ0) is 24.9. The molecular formula is C28H42Cl2N2O5. The molecule has 0 aromatic heterocycles. The first-order valence-electron chi connectivity index (χ1n) is 12.7. The van der Waals surface area contributed by atoms with E-state index in [1.165, 1.54) is 5.56 Å². The summed E-state index contributed by atoms with van der Waals surface area (Å²) >= 11 is 0. The van der Waals surface area contributed by atoms with E-state index in [0.29, 0.717) is 31.1 Å². The number of methoxy groups -OCH3 is 2. The number of hydrogen-bond donors (Lipinski definition) is 0. The smallest absolute Gasteiger partial charge is 0.305 e. The first kappa shape index (κ1) is 32.8. The molecule has 0 atom stereocenters. The Labute approximate surface area is 234 Å². The van der Waals surface area contributed by atoms with Gasteiger partial charge in [0.2, 0.25) is 5.75 Å². The monoisotopic (exact) mass is 556 g/mol. The van der Waals surface area contributed by atoms with Crippen LogP contribution < -0.4 is 14.2 Å². The second-order valence-electron chi connectivity index (χ2n) is 8.79. The molecule has 0 aliphatic carbocycles. The van der Waals surface area contributed by atoms with Crippen molar-refractivity contribution >= 4 is 30.8 Å². The van der Waals surface area contributed by atoms with Gasteiger partial charge in [-0.3, -0.25) is 14.6 Å². The molecule has 1 aliphatic rings. The lowest BCUT2D eigenvalue weighted by Gasteiger charge is -2.35. The average molecular weight is 558 g/mol. The molecule has 0 unspecified atom stereocenters. The molecule has 0 saturated carbocycles. The topological polar surface area (TPSA) is 60.5 Å². The molecule has 7 nitrogen and oxygen atoms in total. The van der Waals surface area contributed by atoms with Gasteiger partial charge in [-0.2, -0.15) is 0 Å². The number of carbonyl (C=O) groups is 1. The Balaban J connectivity index is 0.00000342. The molecule has 208 valence electrons. The van der Waals surface area contributed by atoms with Crippen molar-refractivity contribution in [2.24, 2.45) is 0 Å². The van der Waals surface area contributed by atoms with Gasteiger partial charge in [0.15, 0.2) is 11.5 Å². The molecular weight excluding hydrogens is 515 g/mol. The summed E-state index contributed by atoms with van der Waals surface area (Å²) in [6, 6.07) is 14.7. The van der Waals surface area contributed by atoms with Gasteiger partial charge in [-0.05, 0) is 37.8 Å². The van der Waals surface area contributed by atoms with Crippen LogP contribution in [0.25, 0.3) is 0 Å². The SMILES string of the molecule is CCOC(=O)CCCCCOc1c(CN2CCN(Cc3ccccc3)CC2)ccc(OC)c1OC.Cl.Cl. The van der Waals surface area contributed by atoms with Gasteiger partial charge < -0.3 is 18.9 Å². The lowest BCUT2D eigenvalue weighted by Crippen LogP contribution is -2.45. The van der Waals surface area contributed by atoms with Crippen LogP contribution in [0.2, 0.25) is 0 Å². The van der Waals surface area contributed by atoms with Gasteiger partial charge in [-0.15, -0.1) is 24.8 Å². The maximum Gasteiger partial charge on any atom is 0.305 e. The van der Waals surface area contributed by atoms with E-state index in [2.05, 4.69) is 46.2 Å². The lowest BCUT2D eigenvalue weighted by atomic mass is 10.1. The largest absolute Gasteiger partial charge is 0.493 e. The number of ether oxygens (including phenoxy) is 4. The second kappa shape index (κ2) is 18.1. The average Bonchev–Trinajstić information content (AvgIpc) is 2.88. The van der Waals surface area contributed by atoms with Gasteiger partial charge in [0.05, 0.1) is 27.4 Å². The fourth-order valence-electron chi connectivity index (χ4n) is 4.37. The van der Waals surface area contributed by atoms with Crippen molar-refractivity contribution in [3.63, 3.8) is 0 Å². The van der Waals surface area contributed by atoms with Gasteiger partial charge in [-0.1, -0.05) is 36.4 Å². The van der Waals surface area contributed by atoms with E-state index in [4.69, 9.17) is 18.9 Å². The number of unbranched alkanes of at least 4 members (excludes halogenated alkanes) is 2. The molecule has 1 aliphatic heterocycles. The number of hydrogen-bond acceptors (Lipinski definition) is 7. The molecule has 1 heterocycles. The zero-order valence-electron chi connectivity index (χ0n) is 22.3. The third-order valence-electron chi connectivity index (χ3n) is 6.27. The Bertz CT molecular complexity index is 909. The molecule has 37 heavy (non-hydrogen) atoms. The highest BCUT2D eigenvalue weighted by atomic mass is 35.5. The van der Waals surface area contributed by atoms with E-state index in [9.17, 15) is 4.79 Å². The Morgan fingerprint density at radius 3 is 2.11 bits per heavy atom. The summed E-state index contributed by atoms with van der Waals surface area (Å²) < 4.78 is 22.4. The fourth-order valence-corrected chi connectivity index (χ4v) is 4.37. The van der Waals surface area contributed by atoms with Crippen LogP contribution in [0.5, 0.6) is 17.2 Å². The van der Waals surface area contributed by atoms with E-state index in [1.54, 1.807) is 14.2 Å². The third kappa shape index (κ3) is 10.6. The summed E-state index contributed by atoms with van der Waals surface area (Å²) in [5.41, 5.74) is 2.46. The molecule has 0 spiro atoms. The predicted molar refractivity (Wildman–Crippen MR) is 152 cm³/mol. The predicted octanol–water partition coefficient (Wildman–Crippen LogP) is 5.37. The Kier molecular flexibility index (Phi) is 16.1. The summed E-state index contributed by atoms with van der Waals surface area (Å²) in [5.74, 6) is 1.93. The number of halogens is 2. The van der Waals surface area contributed by atoms with E-state index in [-0.39, 0.29) is 30.8 Å². The molecule has 0 N–H and O–H groups in total. The maximum absolute atomic E-state index is 11.5. The summed E-state index contributed by atoms with van der Waals surface area (Å²) in [5, 5.41) is 0. The first-order chi connectivity index (χ1) is 17.1. The van der Waals surface area contributed by atoms with Crippen LogP contribution >= 0.6 is 24.8 Å². The zero-order valence-corrected chi connectivity index (χ0v) is 23.9. The molecule has 1 saturated heterocycles. The minimum Gasteiger partial charge on any atom is -0.493 e. The van der Waals surface area contributed by atoms with Crippen molar-refractivity contribution < 1.29 is 23.7 Å². The van der Waals surface area contributed by atoms with Crippen LogP contribution in [0.1, 0.15) is 43.7 Å². The normalized spacial score (nSPS) is 13.7. The Morgan fingerprint density at radius 1 is 0.811 bits per heavy atom. The number of carbonyl (C=O) groups excluding carboxylic acids is 1. The fraction of sp³-hybridized carbons (Fsp3) is 0.536. The van der Waals surface area contributed by atoms with E-state index >= 15 is 0 Å². The number of benzene rings is 2. The Hall–Kier alpha value is -2.19. The van der Waals surface area contributed by atoms with Crippen LogP contribution in [0, 0.1) is 0 Å². The molecule has 2 aromatic rings. The molecule has 2 aromatic carbocycles. The minimum atomic E-state index is -0.131. The van der Waals surface area contributed by atoms with Gasteiger partial charge in [0.25, 0.3) is 0 Å². The summed E-state index contributed by atoms with van der Waals surface area (Å²) in [6.07, 6.45) is 3.02. The summed E-state index contributed by atoms with van der Waals surface area (Å²) in [7, 11) is 3.29. The third-order valence-corrected chi connectivity index (χ3v) is 6.27. The quantitative estimate of drug-likeness (QED) is 0.229. The van der Waals surface area contributed by atoms with Crippen molar-refractivity contribution in [3.05, 3.63) is 53.6 Å². The van der Waals surface area contributed by atoms with Gasteiger partial charge >= 0.3 is 5.97 Å². The molecule has 0 radical (unpaired) electrons. The van der Waals surface area contributed by atoms with Crippen LogP contribution in [0.3, 0.4) is 0 Å². The van der Waals surface area contributed by atoms with Crippen LogP contribution in [-0.4, -0.2) is 69.4 Å². The molecule has 0 amide bonds. The van der Waals surface area contributed by atoms with Crippen LogP contribution in [0.15, 0.2) is 42.5 Å². The van der Waals surface area contributed by atoms with Crippen molar-refractivity contribution in [2.75, 3.05) is 53.6 Å². The number of piperazine rings is 1. The Morgan fingerprint density at radius 2 is 1.49 bits per heavy atom. The summed E-state index contributed by atoms with van der Waals surface area (Å²) in [4.78, 5) is 16.5. The first-order valence-corrected chi connectivity index (χ1v) is 12.7. The lowest BCUT2D eigenvalue weighted by molar-refractivity contribution is -0.143. The van der Waals surface area contributed by atoms with E-state index in [1.807, 2.05) is 13.0 Å². The highest BCUT2D eigenvalue weighted by Crippen LogP contribution is 2.40. The van der Waals surface area contributed by atoms with Crippen molar-refractivity contribution in [2.45, 2.75) is 45.7 Å². The van der Waals surface area contributed by atoms with Crippen molar-refractivity contribution in [1.29, 1.82) is 0 Å². The molecule has 3 rings (SSSR count). The molecule has 9 heteroatoms. The van der Waals surface area contributed by atoms with E-state index in [0.717, 1.165) is 69.8 Å². The van der Waals surface area contributed by atoms with Gasteiger partial charge in [0.1, 0.15) is 0 Å². The van der Waals surface area contributed by atoms with Gasteiger partial charge in [0, 0.05) is 51.3 Å². The highest BCUT2D eigenvalue weighted by molar-refractivity contribution is 5.85. The van der Waals surface area contributed by atoms with Crippen LogP contribution in [-0.2, 0) is 22.6 Å². The van der Waals surface area contributed by atoms with Crippen molar-refractivity contribution in [1.82, 2.24) is 9.80 Å². The minimum absolute atomic E-state index is 0. The standard InChI is InChI=1S/C28H40N2O5.2ClH/c1-4-34-26(31)13-9-6-10-20-35-27-24(14-15-25(32-2)28(27)33-3)22-30-18-16-29(17-19-30)21-23-11-7-5-8-12-23;;/h5,7-8,11-12,14-15H,4,6,9-10,13,16-22H2,1-3H3;2*1H. The maximum atomic E-state index is 11.5. The van der Waals surface area contributed by atoms with Crippen molar-refractivity contribution in [3.8, 4) is 17.2 Å². The molecule has 0 bridgehead atoms. The highest BCUT2D eigenvalue weighted by Gasteiger charge is 2.22. The van der Waals surface area contributed by atoms with Gasteiger partial charge in [-0.25, -0.2) is 0 Å². The summed E-state index contributed by atoms with van der Waals surface area (Å²) in [6.45, 7) is 8.72.